The quantitative estimate of drug-likeness (QED) is 0.492. The Morgan fingerprint density at radius 3 is 2.50 bits per heavy atom. The molecule has 0 spiro atoms. The van der Waals surface area contributed by atoms with Gasteiger partial charge in [-0.3, -0.25) is 14.9 Å². The standard InChI is InChI=1S/C21H23N3O2S2/c1-2-4-14-6-8-15(9-7-14)19(17-5-3-11-27-17)23-13-18(25)24-21-16(20(22)26)10-12-28-21/h3,5-12,19,23H,2,4,13H2,1H3,(H2,22,26)(H,24,25)/t19-/m1/s1. The smallest absolute Gasteiger partial charge is 0.251 e. The number of hydrogen-bond acceptors (Lipinski definition) is 5. The summed E-state index contributed by atoms with van der Waals surface area (Å²) in [6, 6.07) is 14.1. The molecule has 3 aromatic rings. The lowest BCUT2D eigenvalue weighted by Crippen LogP contribution is -2.31. The van der Waals surface area contributed by atoms with E-state index in [1.165, 1.54) is 16.9 Å². The average molecular weight is 414 g/mol. The van der Waals surface area contributed by atoms with E-state index in [2.05, 4.69) is 47.9 Å². The molecule has 0 saturated heterocycles. The van der Waals surface area contributed by atoms with E-state index in [1.54, 1.807) is 22.8 Å². The highest BCUT2D eigenvalue weighted by atomic mass is 32.1. The fraction of sp³-hybridized carbons (Fsp3) is 0.238. The summed E-state index contributed by atoms with van der Waals surface area (Å²) in [4.78, 5) is 25.0. The molecule has 0 radical (unpaired) electrons. The molecule has 2 aromatic heterocycles. The Kier molecular flexibility index (Phi) is 6.97. The van der Waals surface area contributed by atoms with Crippen LogP contribution in [0, 0.1) is 0 Å². The van der Waals surface area contributed by atoms with Gasteiger partial charge in [0.15, 0.2) is 0 Å². The Bertz CT molecular complexity index is 918. The Balaban J connectivity index is 1.69. The molecule has 0 aliphatic rings. The zero-order chi connectivity index (χ0) is 19.9. The van der Waals surface area contributed by atoms with E-state index in [0.29, 0.717) is 10.6 Å². The molecule has 3 rings (SSSR count). The van der Waals surface area contributed by atoms with Crippen LogP contribution in [0.5, 0.6) is 0 Å². The molecule has 0 aliphatic heterocycles. The van der Waals surface area contributed by atoms with E-state index in [1.807, 2.05) is 11.4 Å². The topological polar surface area (TPSA) is 84.2 Å². The minimum absolute atomic E-state index is 0.0691. The van der Waals surface area contributed by atoms with Gasteiger partial charge in [-0.25, -0.2) is 0 Å². The molecule has 0 unspecified atom stereocenters. The van der Waals surface area contributed by atoms with Crippen LogP contribution < -0.4 is 16.4 Å². The lowest BCUT2D eigenvalue weighted by atomic mass is 10.0. The van der Waals surface area contributed by atoms with E-state index >= 15 is 0 Å². The number of amides is 2. The van der Waals surface area contributed by atoms with Crippen LogP contribution in [0.3, 0.4) is 0 Å². The van der Waals surface area contributed by atoms with Gasteiger partial charge in [-0.1, -0.05) is 43.7 Å². The molecule has 2 heterocycles. The fourth-order valence-corrected chi connectivity index (χ4v) is 4.60. The molecule has 0 aliphatic carbocycles. The van der Waals surface area contributed by atoms with Crippen molar-refractivity contribution in [3.63, 3.8) is 0 Å². The molecule has 7 heteroatoms. The van der Waals surface area contributed by atoms with Gasteiger partial charge in [-0.05, 0) is 40.4 Å². The van der Waals surface area contributed by atoms with E-state index in [-0.39, 0.29) is 18.5 Å². The molecule has 4 N–H and O–H groups in total. The minimum Gasteiger partial charge on any atom is -0.366 e. The monoisotopic (exact) mass is 413 g/mol. The van der Waals surface area contributed by atoms with Crippen molar-refractivity contribution in [2.45, 2.75) is 25.8 Å². The number of carbonyl (C=O) groups excluding carboxylic acids is 2. The first-order valence-corrected chi connectivity index (χ1v) is 10.9. The van der Waals surface area contributed by atoms with Crippen molar-refractivity contribution in [1.82, 2.24) is 5.32 Å². The number of aryl methyl sites for hydroxylation is 1. The number of nitrogens with two attached hydrogens (primary N) is 1. The van der Waals surface area contributed by atoms with Crippen LogP contribution in [0.25, 0.3) is 0 Å². The molecule has 0 saturated carbocycles. The molecule has 2 amide bonds. The van der Waals surface area contributed by atoms with Gasteiger partial charge in [-0.15, -0.1) is 22.7 Å². The molecule has 146 valence electrons. The lowest BCUT2D eigenvalue weighted by Gasteiger charge is -2.18. The Labute approximate surface area is 172 Å². The van der Waals surface area contributed by atoms with Gasteiger partial charge >= 0.3 is 0 Å². The molecule has 0 bridgehead atoms. The van der Waals surface area contributed by atoms with E-state index in [0.717, 1.165) is 23.3 Å². The predicted octanol–water partition coefficient (Wildman–Crippen LogP) is 4.18. The van der Waals surface area contributed by atoms with E-state index in [4.69, 9.17) is 5.73 Å². The third-order valence-electron chi connectivity index (χ3n) is 4.33. The van der Waals surface area contributed by atoms with Gasteiger partial charge in [0.1, 0.15) is 5.00 Å². The number of carbonyl (C=O) groups is 2. The largest absolute Gasteiger partial charge is 0.366 e. The molecule has 0 fully saturated rings. The van der Waals surface area contributed by atoms with E-state index in [9.17, 15) is 9.59 Å². The van der Waals surface area contributed by atoms with Crippen LogP contribution >= 0.6 is 22.7 Å². The number of anilines is 1. The molecule has 1 aromatic carbocycles. The first-order valence-electron chi connectivity index (χ1n) is 9.11. The number of thiophene rings is 2. The van der Waals surface area contributed by atoms with Crippen molar-refractivity contribution in [3.05, 3.63) is 74.8 Å². The van der Waals surface area contributed by atoms with Crippen LogP contribution in [0.2, 0.25) is 0 Å². The summed E-state index contributed by atoms with van der Waals surface area (Å²) >= 11 is 2.93. The fourth-order valence-electron chi connectivity index (χ4n) is 2.97. The third kappa shape index (κ3) is 5.07. The van der Waals surface area contributed by atoms with E-state index < -0.39 is 5.91 Å². The average Bonchev–Trinajstić information content (AvgIpc) is 3.35. The summed E-state index contributed by atoms with van der Waals surface area (Å²) in [5.74, 6) is -0.762. The third-order valence-corrected chi connectivity index (χ3v) is 6.10. The number of benzene rings is 1. The molecular weight excluding hydrogens is 390 g/mol. The predicted molar refractivity (Wildman–Crippen MR) is 116 cm³/mol. The summed E-state index contributed by atoms with van der Waals surface area (Å²) in [7, 11) is 0. The second-order valence-corrected chi connectivity index (χ2v) is 8.29. The highest BCUT2D eigenvalue weighted by Crippen LogP contribution is 2.27. The number of hydrogen-bond donors (Lipinski definition) is 3. The normalized spacial score (nSPS) is 11.9. The van der Waals surface area contributed by atoms with Gasteiger partial charge in [0.05, 0.1) is 18.2 Å². The summed E-state index contributed by atoms with van der Waals surface area (Å²) in [5.41, 5.74) is 8.09. The SMILES string of the molecule is CCCc1ccc([C@@H](NCC(=O)Nc2sccc2C(N)=O)c2cccs2)cc1. The zero-order valence-corrected chi connectivity index (χ0v) is 17.2. The maximum Gasteiger partial charge on any atom is 0.251 e. The summed E-state index contributed by atoms with van der Waals surface area (Å²) in [5, 5.41) is 10.3. The molecule has 28 heavy (non-hydrogen) atoms. The van der Waals surface area contributed by atoms with Crippen LogP contribution in [-0.2, 0) is 11.2 Å². The zero-order valence-electron chi connectivity index (χ0n) is 15.6. The highest BCUT2D eigenvalue weighted by Gasteiger charge is 2.17. The van der Waals surface area contributed by atoms with Crippen molar-refractivity contribution >= 4 is 39.5 Å². The van der Waals surface area contributed by atoms with Crippen molar-refractivity contribution < 1.29 is 9.59 Å². The molecular formula is C21H23N3O2S2. The molecule has 5 nitrogen and oxygen atoms in total. The summed E-state index contributed by atoms with van der Waals surface area (Å²) in [6.45, 7) is 2.29. The Hall–Kier alpha value is -2.48. The van der Waals surface area contributed by atoms with Gasteiger partial charge in [0.25, 0.3) is 5.91 Å². The van der Waals surface area contributed by atoms with Crippen LogP contribution in [0.4, 0.5) is 5.00 Å². The van der Waals surface area contributed by atoms with Gasteiger partial charge in [0, 0.05) is 4.88 Å². The second-order valence-electron chi connectivity index (χ2n) is 6.40. The second kappa shape index (κ2) is 9.64. The van der Waals surface area contributed by atoms with Crippen molar-refractivity contribution in [2.24, 2.45) is 5.73 Å². The van der Waals surface area contributed by atoms with Crippen LogP contribution in [0.15, 0.2) is 53.2 Å². The lowest BCUT2D eigenvalue weighted by molar-refractivity contribution is -0.115. The maximum atomic E-state index is 12.4. The van der Waals surface area contributed by atoms with Crippen molar-refractivity contribution in [1.29, 1.82) is 0 Å². The van der Waals surface area contributed by atoms with Crippen LogP contribution in [0.1, 0.15) is 45.7 Å². The van der Waals surface area contributed by atoms with Crippen molar-refractivity contribution in [3.8, 4) is 0 Å². The minimum atomic E-state index is -0.548. The van der Waals surface area contributed by atoms with Crippen LogP contribution in [-0.4, -0.2) is 18.4 Å². The number of nitrogens with one attached hydrogen (secondary N) is 2. The number of rotatable bonds is 9. The summed E-state index contributed by atoms with van der Waals surface area (Å²) in [6.07, 6.45) is 2.17. The highest BCUT2D eigenvalue weighted by molar-refractivity contribution is 7.14. The van der Waals surface area contributed by atoms with Gasteiger partial charge in [-0.2, -0.15) is 0 Å². The first-order chi connectivity index (χ1) is 13.6. The van der Waals surface area contributed by atoms with Gasteiger partial charge in [0.2, 0.25) is 5.91 Å². The molecule has 1 atom stereocenters. The van der Waals surface area contributed by atoms with Crippen molar-refractivity contribution in [2.75, 3.05) is 11.9 Å². The Morgan fingerprint density at radius 1 is 1.07 bits per heavy atom. The Morgan fingerprint density at radius 2 is 1.86 bits per heavy atom. The number of primary amides is 1. The maximum absolute atomic E-state index is 12.4. The van der Waals surface area contributed by atoms with Gasteiger partial charge < -0.3 is 11.1 Å². The first kappa shape index (κ1) is 20.3. The summed E-state index contributed by atoms with van der Waals surface area (Å²) < 4.78 is 0.